The van der Waals surface area contributed by atoms with Crippen LogP contribution in [0.25, 0.3) is 6.08 Å². The SMILES string of the molecule is Cc1ccc2c(c1)[C@](O)(CC(=O)/C=C\c1ccccc1)C(=O)N2. The standard InChI is InChI=1S/C19H17NO3/c1-13-7-10-17-16(11-13)19(23,18(22)20-17)12-15(21)9-8-14-5-3-2-4-6-14/h2-11,23H,12H2,1H3,(H,20,22)/b9-8-/t19-/m1/s1. The molecule has 0 aliphatic carbocycles. The molecule has 0 unspecified atom stereocenters. The molecule has 4 nitrogen and oxygen atoms in total. The molecule has 2 aromatic rings. The van der Waals surface area contributed by atoms with Crippen molar-refractivity contribution in [2.45, 2.75) is 18.9 Å². The van der Waals surface area contributed by atoms with Crippen molar-refractivity contribution in [3.8, 4) is 0 Å². The zero-order valence-electron chi connectivity index (χ0n) is 12.7. The number of carbonyl (C=O) groups is 2. The maximum Gasteiger partial charge on any atom is 0.261 e. The summed E-state index contributed by atoms with van der Waals surface area (Å²) >= 11 is 0. The minimum Gasteiger partial charge on any atom is -0.375 e. The molecule has 1 heterocycles. The lowest BCUT2D eigenvalue weighted by atomic mass is 9.89. The Morgan fingerprint density at radius 1 is 1.22 bits per heavy atom. The van der Waals surface area contributed by atoms with Gasteiger partial charge in [-0.05, 0) is 24.6 Å². The van der Waals surface area contributed by atoms with Gasteiger partial charge in [-0.25, -0.2) is 0 Å². The third-order valence-corrected chi connectivity index (χ3v) is 3.94. The van der Waals surface area contributed by atoms with Crippen LogP contribution < -0.4 is 5.32 Å². The predicted octanol–water partition coefficient (Wildman–Crippen LogP) is 2.81. The average Bonchev–Trinajstić information content (AvgIpc) is 2.78. The van der Waals surface area contributed by atoms with Crippen molar-refractivity contribution >= 4 is 23.5 Å². The van der Waals surface area contributed by atoms with E-state index >= 15 is 0 Å². The van der Waals surface area contributed by atoms with Crippen molar-refractivity contribution in [1.29, 1.82) is 0 Å². The van der Waals surface area contributed by atoms with Crippen molar-refractivity contribution in [3.05, 3.63) is 71.3 Å². The van der Waals surface area contributed by atoms with Gasteiger partial charge in [-0.15, -0.1) is 0 Å². The Balaban J connectivity index is 1.82. The van der Waals surface area contributed by atoms with E-state index in [1.807, 2.05) is 43.3 Å². The molecule has 116 valence electrons. The summed E-state index contributed by atoms with van der Waals surface area (Å²) in [5, 5.41) is 13.4. The van der Waals surface area contributed by atoms with E-state index in [1.165, 1.54) is 6.08 Å². The molecule has 0 radical (unpaired) electrons. The van der Waals surface area contributed by atoms with E-state index in [0.717, 1.165) is 11.1 Å². The quantitative estimate of drug-likeness (QED) is 0.854. The molecule has 1 atom stereocenters. The summed E-state index contributed by atoms with van der Waals surface area (Å²) < 4.78 is 0. The molecular weight excluding hydrogens is 290 g/mol. The molecule has 3 rings (SSSR count). The molecule has 0 spiro atoms. The number of fused-ring (bicyclic) bond motifs is 1. The number of ketones is 1. The molecule has 1 aliphatic heterocycles. The molecule has 4 heteroatoms. The fourth-order valence-corrected chi connectivity index (χ4v) is 2.70. The summed E-state index contributed by atoms with van der Waals surface area (Å²) in [7, 11) is 0. The van der Waals surface area contributed by atoms with Crippen molar-refractivity contribution < 1.29 is 14.7 Å². The third kappa shape index (κ3) is 2.94. The van der Waals surface area contributed by atoms with Crippen molar-refractivity contribution in [1.82, 2.24) is 0 Å². The van der Waals surface area contributed by atoms with Crippen LogP contribution in [-0.4, -0.2) is 16.8 Å². The lowest BCUT2D eigenvalue weighted by Gasteiger charge is -2.19. The number of benzene rings is 2. The van der Waals surface area contributed by atoms with Gasteiger partial charge in [0.1, 0.15) is 0 Å². The van der Waals surface area contributed by atoms with Gasteiger partial charge in [0.15, 0.2) is 11.4 Å². The number of hydrogen-bond donors (Lipinski definition) is 2. The number of anilines is 1. The largest absolute Gasteiger partial charge is 0.375 e. The van der Waals surface area contributed by atoms with Crippen LogP contribution in [0.15, 0.2) is 54.6 Å². The highest BCUT2D eigenvalue weighted by Gasteiger charge is 2.46. The fraction of sp³-hybridized carbons (Fsp3) is 0.158. The number of hydrogen-bond acceptors (Lipinski definition) is 3. The van der Waals surface area contributed by atoms with Gasteiger partial charge in [-0.2, -0.15) is 0 Å². The van der Waals surface area contributed by atoms with Gasteiger partial charge in [-0.1, -0.05) is 54.1 Å². The molecule has 0 fully saturated rings. The first-order chi connectivity index (χ1) is 11.0. The number of nitrogens with one attached hydrogen (secondary N) is 1. The Bertz CT molecular complexity index is 796. The number of amides is 1. The highest BCUT2D eigenvalue weighted by atomic mass is 16.3. The van der Waals surface area contributed by atoms with Crippen LogP contribution in [0.3, 0.4) is 0 Å². The van der Waals surface area contributed by atoms with Gasteiger partial charge in [0, 0.05) is 11.3 Å². The average molecular weight is 307 g/mol. The van der Waals surface area contributed by atoms with Crippen LogP contribution in [0, 0.1) is 6.92 Å². The minimum atomic E-state index is -1.81. The lowest BCUT2D eigenvalue weighted by Crippen LogP contribution is -2.36. The molecule has 0 saturated carbocycles. The van der Waals surface area contributed by atoms with E-state index in [1.54, 1.807) is 18.2 Å². The smallest absolute Gasteiger partial charge is 0.261 e. The molecule has 0 aromatic heterocycles. The summed E-state index contributed by atoms with van der Waals surface area (Å²) in [6.45, 7) is 1.88. The fourth-order valence-electron chi connectivity index (χ4n) is 2.70. The predicted molar refractivity (Wildman–Crippen MR) is 88.8 cm³/mol. The summed E-state index contributed by atoms with van der Waals surface area (Å²) in [6, 6.07) is 14.7. The van der Waals surface area contributed by atoms with E-state index in [9.17, 15) is 14.7 Å². The number of aliphatic hydroxyl groups is 1. The molecule has 1 amide bonds. The molecule has 0 bridgehead atoms. The molecule has 2 N–H and O–H groups in total. The number of carbonyl (C=O) groups excluding carboxylic acids is 2. The molecule has 2 aromatic carbocycles. The van der Waals surface area contributed by atoms with Gasteiger partial charge in [0.2, 0.25) is 0 Å². The minimum absolute atomic E-state index is 0.279. The number of allylic oxidation sites excluding steroid dienone is 1. The van der Waals surface area contributed by atoms with E-state index in [2.05, 4.69) is 5.32 Å². The highest BCUT2D eigenvalue weighted by molar-refractivity contribution is 6.08. The summed E-state index contributed by atoms with van der Waals surface area (Å²) in [6.07, 6.45) is 2.79. The lowest BCUT2D eigenvalue weighted by molar-refractivity contribution is -0.138. The third-order valence-electron chi connectivity index (χ3n) is 3.94. The van der Waals surface area contributed by atoms with Gasteiger partial charge in [0.05, 0.1) is 6.42 Å². The van der Waals surface area contributed by atoms with Gasteiger partial charge in [-0.3, -0.25) is 9.59 Å². The molecule has 23 heavy (non-hydrogen) atoms. The van der Waals surface area contributed by atoms with Gasteiger partial charge < -0.3 is 10.4 Å². The Labute approximate surface area is 134 Å². The van der Waals surface area contributed by atoms with Crippen LogP contribution in [-0.2, 0) is 15.2 Å². The Hall–Kier alpha value is -2.72. The number of aryl methyl sites for hydroxylation is 1. The second-order valence-electron chi connectivity index (χ2n) is 5.75. The second kappa shape index (κ2) is 5.82. The van der Waals surface area contributed by atoms with Crippen molar-refractivity contribution in [2.75, 3.05) is 5.32 Å². The number of rotatable bonds is 4. The van der Waals surface area contributed by atoms with Crippen molar-refractivity contribution in [3.63, 3.8) is 0 Å². The van der Waals surface area contributed by atoms with Crippen molar-refractivity contribution in [2.24, 2.45) is 0 Å². The molecule has 1 aliphatic rings. The Morgan fingerprint density at radius 3 is 2.70 bits per heavy atom. The first kappa shape index (κ1) is 15.2. The van der Waals surface area contributed by atoms with Crippen LogP contribution in [0.4, 0.5) is 5.69 Å². The van der Waals surface area contributed by atoms with Crippen LogP contribution >= 0.6 is 0 Å². The highest BCUT2D eigenvalue weighted by Crippen LogP contribution is 2.39. The first-order valence-electron chi connectivity index (χ1n) is 7.40. The Morgan fingerprint density at radius 2 is 1.96 bits per heavy atom. The zero-order chi connectivity index (χ0) is 16.4. The van der Waals surface area contributed by atoms with E-state index in [4.69, 9.17) is 0 Å². The van der Waals surface area contributed by atoms with E-state index in [-0.39, 0.29) is 12.2 Å². The summed E-state index contributed by atoms with van der Waals surface area (Å²) in [4.78, 5) is 24.3. The first-order valence-corrected chi connectivity index (χ1v) is 7.40. The summed E-state index contributed by atoms with van der Waals surface area (Å²) in [5.41, 5.74) is 1.03. The normalized spacial score (nSPS) is 19.7. The zero-order valence-corrected chi connectivity index (χ0v) is 12.7. The monoisotopic (exact) mass is 307 g/mol. The van der Waals surface area contributed by atoms with Crippen LogP contribution in [0.5, 0.6) is 0 Å². The molecule has 0 saturated heterocycles. The topological polar surface area (TPSA) is 66.4 Å². The van der Waals surface area contributed by atoms with Gasteiger partial charge in [0.25, 0.3) is 5.91 Å². The maximum absolute atomic E-state index is 12.2. The Kier molecular flexibility index (Phi) is 3.84. The summed E-state index contributed by atoms with van der Waals surface area (Å²) in [5.74, 6) is -0.861. The van der Waals surface area contributed by atoms with E-state index in [0.29, 0.717) is 11.3 Å². The van der Waals surface area contributed by atoms with Crippen LogP contribution in [0.2, 0.25) is 0 Å². The molecular formula is C19H17NO3. The van der Waals surface area contributed by atoms with E-state index < -0.39 is 11.5 Å². The maximum atomic E-state index is 12.2. The van der Waals surface area contributed by atoms with Gasteiger partial charge >= 0.3 is 0 Å². The second-order valence-corrected chi connectivity index (χ2v) is 5.75. The van der Waals surface area contributed by atoms with Crippen LogP contribution in [0.1, 0.15) is 23.1 Å².